The number of nitrogens with zero attached hydrogens (tertiary/aromatic N) is 1. The van der Waals surface area contributed by atoms with E-state index in [0.29, 0.717) is 16.8 Å². The van der Waals surface area contributed by atoms with Crippen LogP contribution in [-0.2, 0) is 0 Å². The average Bonchev–Trinajstić information content (AvgIpc) is 2.59. The highest BCUT2D eigenvalue weighted by molar-refractivity contribution is 6.18. The minimum Gasteiger partial charge on any atom is -0.506 e. The van der Waals surface area contributed by atoms with Crippen LogP contribution in [0, 0.1) is 0 Å². The van der Waals surface area contributed by atoms with Crippen molar-refractivity contribution in [1.82, 2.24) is 4.98 Å². The summed E-state index contributed by atoms with van der Waals surface area (Å²) in [6, 6.07) is 17.0. The molecule has 0 fully saturated rings. The summed E-state index contributed by atoms with van der Waals surface area (Å²) < 4.78 is 0. The molecule has 0 amide bonds. The van der Waals surface area contributed by atoms with Gasteiger partial charge in [0, 0.05) is 16.2 Å². The highest BCUT2D eigenvalue weighted by Gasteiger charge is 2.23. The second-order valence-electron chi connectivity index (χ2n) is 5.77. The molecule has 0 spiro atoms. The fourth-order valence-electron chi connectivity index (χ4n) is 3.42. The van der Waals surface area contributed by atoms with Gasteiger partial charge in [0.2, 0.25) is 5.78 Å². The zero-order valence-electron chi connectivity index (χ0n) is 12.1. The van der Waals surface area contributed by atoms with Crippen molar-refractivity contribution in [3.05, 3.63) is 76.6 Å². The molecule has 0 saturated heterocycles. The molecule has 3 heteroatoms. The molecule has 4 aromatic rings. The lowest BCUT2D eigenvalue weighted by atomic mass is 9.91. The molecule has 1 N–H and O–H groups in total. The number of aromatic nitrogens is 1. The summed E-state index contributed by atoms with van der Waals surface area (Å²) in [6.45, 7) is 0. The van der Waals surface area contributed by atoms with Crippen LogP contribution in [0.5, 0.6) is 5.75 Å². The van der Waals surface area contributed by atoms with Crippen molar-refractivity contribution in [3.63, 3.8) is 0 Å². The number of carbonyl (C=O) groups is 1. The Balaban J connectivity index is 2.08. The van der Waals surface area contributed by atoms with Crippen LogP contribution >= 0.6 is 0 Å². The van der Waals surface area contributed by atoms with Crippen LogP contribution < -0.4 is 5.22 Å². The zero-order chi connectivity index (χ0) is 15.6. The number of benzene rings is 3. The van der Waals surface area contributed by atoms with Crippen molar-refractivity contribution < 1.29 is 9.90 Å². The first-order valence-electron chi connectivity index (χ1n) is 7.43. The molecule has 0 unspecified atom stereocenters. The second-order valence-corrected chi connectivity index (χ2v) is 5.77. The van der Waals surface area contributed by atoms with Gasteiger partial charge in [0.25, 0.3) is 0 Å². The summed E-state index contributed by atoms with van der Waals surface area (Å²) in [5, 5.41) is 13.9. The second kappa shape index (κ2) is 4.17. The van der Waals surface area contributed by atoms with E-state index < -0.39 is 0 Å². The van der Waals surface area contributed by atoms with Crippen LogP contribution in [0.2, 0.25) is 0 Å². The van der Waals surface area contributed by atoms with Crippen molar-refractivity contribution in [2.24, 2.45) is 0 Å². The van der Waals surface area contributed by atoms with Crippen molar-refractivity contribution >= 4 is 33.5 Å². The Kier molecular flexibility index (Phi) is 2.24. The maximum Gasteiger partial charge on any atom is 0.212 e. The van der Waals surface area contributed by atoms with Crippen molar-refractivity contribution in [2.75, 3.05) is 0 Å². The Hall–Kier alpha value is -3.20. The molecular formula is C20H11NO2. The van der Waals surface area contributed by atoms with Crippen molar-refractivity contribution in [3.8, 4) is 5.75 Å². The smallest absolute Gasteiger partial charge is 0.212 e. The monoisotopic (exact) mass is 297 g/mol. The van der Waals surface area contributed by atoms with Gasteiger partial charge in [0.05, 0.1) is 0 Å². The molecule has 1 aliphatic carbocycles. The van der Waals surface area contributed by atoms with Crippen molar-refractivity contribution in [1.29, 1.82) is 0 Å². The lowest BCUT2D eigenvalue weighted by Gasteiger charge is -2.15. The van der Waals surface area contributed by atoms with E-state index >= 15 is 0 Å². The summed E-state index contributed by atoms with van der Waals surface area (Å²) in [7, 11) is 0. The van der Waals surface area contributed by atoms with E-state index in [1.54, 1.807) is 6.07 Å². The topological polar surface area (TPSA) is 50.2 Å². The quantitative estimate of drug-likeness (QED) is 0.477. The van der Waals surface area contributed by atoms with Gasteiger partial charge in [-0.3, -0.25) is 4.79 Å². The molecule has 108 valence electrons. The summed E-state index contributed by atoms with van der Waals surface area (Å²) in [4.78, 5) is 17.4. The van der Waals surface area contributed by atoms with E-state index in [9.17, 15) is 9.90 Å². The van der Waals surface area contributed by atoms with Crippen LogP contribution in [0.1, 0.15) is 21.6 Å². The third-order valence-electron chi connectivity index (χ3n) is 4.49. The maximum absolute atomic E-state index is 12.8. The van der Waals surface area contributed by atoms with E-state index in [0.717, 1.165) is 26.9 Å². The van der Waals surface area contributed by atoms with E-state index in [1.165, 1.54) is 0 Å². The van der Waals surface area contributed by atoms with Gasteiger partial charge in [0.1, 0.15) is 17.0 Å². The zero-order valence-corrected chi connectivity index (χ0v) is 12.1. The highest BCUT2D eigenvalue weighted by atomic mass is 16.3. The number of hydrogen-bond donors (Lipinski definition) is 1. The number of hydrogen-bond acceptors (Lipinski definition) is 3. The molecule has 0 aliphatic heterocycles. The van der Waals surface area contributed by atoms with Crippen molar-refractivity contribution in [2.45, 2.75) is 0 Å². The normalized spacial score (nSPS) is 13.0. The standard InChI is InChI=1S/C20H11NO2/c22-16-9-8-11-5-3-7-14-15-10-12-4-1-2-6-13(12)20(23)18(15)21-19(16)17(11)14/h1-10,22H. The van der Waals surface area contributed by atoms with Crippen LogP contribution in [-0.4, -0.2) is 15.9 Å². The number of pyridine rings is 1. The van der Waals surface area contributed by atoms with Gasteiger partial charge >= 0.3 is 0 Å². The molecule has 0 radical (unpaired) electrons. The molecule has 3 aromatic carbocycles. The Labute approximate surface area is 131 Å². The van der Waals surface area contributed by atoms with E-state index in [1.807, 2.05) is 54.6 Å². The number of rotatable bonds is 0. The fraction of sp³-hybridized carbons (Fsp3) is 0. The van der Waals surface area contributed by atoms with Gasteiger partial charge in [-0.1, -0.05) is 48.5 Å². The van der Waals surface area contributed by atoms with Gasteiger partial charge in [-0.2, -0.15) is 0 Å². The van der Waals surface area contributed by atoms with Crippen LogP contribution in [0.4, 0.5) is 0 Å². The van der Waals surface area contributed by atoms with Gasteiger partial charge < -0.3 is 5.11 Å². The first kappa shape index (κ1) is 12.4. The summed E-state index contributed by atoms with van der Waals surface area (Å²) in [6.07, 6.45) is 2.01. The molecule has 0 bridgehead atoms. The number of fused-ring (bicyclic) bond motifs is 3. The molecule has 23 heavy (non-hydrogen) atoms. The van der Waals surface area contributed by atoms with E-state index in [4.69, 9.17) is 0 Å². The molecule has 0 saturated carbocycles. The first-order valence-corrected chi connectivity index (χ1v) is 7.43. The van der Waals surface area contributed by atoms with Gasteiger partial charge in [-0.15, -0.1) is 0 Å². The summed E-state index contributed by atoms with van der Waals surface area (Å²) in [5.41, 5.74) is 2.45. The predicted molar refractivity (Wildman–Crippen MR) is 89.6 cm³/mol. The number of carbonyl (C=O) groups excluding carboxylic acids is 1. The third kappa shape index (κ3) is 1.53. The third-order valence-corrected chi connectivity index (χ3v) is 4.49. The molecule has 5 rings (SSSR count). The lowest BCUT2D eigenvalue weighted by Crippen LogP contribution is -2.24. The highest BCUT2D eigenvalue weighted by Crippen LogP contribution is 2.31. The molecule has 1 aliphatic rings. The Morgan fingerprint density at radius 1 is 0.913 bits per heavy atom. The Morgan fingerprint density at radius 2 is 1.78 bits per heavy atom. The number of phenolic OH excluding ortho intramolecular Hbond substituents is 1. The van der Waals surface area contributed by atoms with Gasteiger partial charge in [-0.25, -0.2) is 4.98 Å². The molecule has 1 aromatic heterocycles. The van der Waals surface area contributed by atoms with E-state index in [2.05, 4.69) is 4.98 Å². The van der Waals surface area contributed by atoms with Gasteiger partial charge in [-0.05, 0) is 28.5 Å². The Bertz CT molecular complexity index is 1190. The number of phenols is 1. The predicted octanol–water partition coefficient (Wildman–Crippen LogP) is 3.19. The summed E-state index contributed by atoms with van der Waals surface area (Å²) >= 11 is 0. The van der Waals surface area contributed by atoms with Crippen LogP contribution in [0.25, 0.3) is 27.8 Å². The first-order chi connectivity index (χ1) is 11.2. The minimum atomic E-state index is -0.0935. The average molecular weight is 297 g/mol. The van der Waals surface area contributed by atoms with Crippen LogP contribution in [0.15, 0.2) is 54.6 Å². The summed E-state index contributed by atoms with van der Waals surface area (Å²) in [5.74, 6) is 0.00663. The lowest BCUT2D eigenvalue weighted by molar-refractivity contribution is 0.103. The maximum atomic E-state index is 12.8. The molecule has 1 heterocycles. The van der Waals surface area contributed by atoms with E-state index in [-0.39, 0.29) is 11.5 Å². The minimum absolute atomic E-state index is 0.0935. The largest absolute Gasteiger partial charge is 0.506 e. The van der Waals surface area contributed by atoms with Crippen LogP contribution in [0.3, 0.4) is 0 Å². The fourth-order valence-corrected chi connectivity index (χ4v) is 3.42. The number of ketones is 1. The van der Waals surface area contributed by atoms with Gasteiger partial charge in [0.15, 0.2) is 0 Å². The molecule has 3 nitrogen and oxygen atoms in total. The molecular weight excluding hydrogens is 286 g/mol. The Morgan fingerprint density at radius 3 is 2.70 bits per heavy atom. The number of aromatic hydroxyl groups is 1. The SMILES string of the molecule is O=C1c2ccccc2C=c2c1nc1c(O)ccc3cccc2c31. The molecule has 0 atom stereocenters.